The van der Waals surface area contributed by atoms with Gasteiger partial charge >= 0.3 is 0 Å². The molecular formula is C14H16N2O3. The van der Waals surface area contributed by atoms with Crippen LogP contribution in [0.5, 0.6) is 5.75 Å². The molecule has 0 bridgehead atoms. The first-order valence-electron chi connectivity index (χ1n) is 6.14. The molecule has 0 unspecified atom stereocenters. The van der Waals surface area contributed by atoms with Crippen LogP contribution in [-0.4, -0.2) is 17.2 Å². The van der Waals surface area contributed by atoms with Crippen molar-refractivity contribution in [2.45, 2.75) is 26.4 Å². The van der Waals surface area contributed by atoms with Crippen molar-refractivity contribution in [3.63, 3.8) is 0 Å². The molecular weight excluding hydrogens is 244 g/mol. The summed E-state index contributed by atoms with van der Waals surface area (Å²) in [5, 5.41) is 6.28. The number of benzene rings is 1. The van der Waals surface area contributed by atoms with E-state index >= 15 is 0 Å². The van der Waals surface area contributed by atoms with E-state index in [9.17, 15) is 4.79 Å². The molecule has 0 saturated carbocycles. The zero-order valence-electron chi connectivity index (χ0n) is 10.9. The van der Waals surface area contributed by atoms with Crippen LogP contribution in [0, 0.1) is 6.92 Å². The van der Waals surface area contributed by atoms with E-state index in [1.165, 1.54) is 6.26 Å². The zero-order valence-corrected chi connectivity index (χ0v) is 10.9. The number of nitrogens with one attached hydrogen (secondary N) is 1. The number of nitrogens with zero attached hydrogens (tertiary/aromatic N) is 1. The van der Waals surface area contributed by atoms with Crippen LogP contribution in [0.4, 0.5) is 5.82 Å². The maximum atomic E-state index is 12.0. The molecule has 0 spiro atoms. The normalized spacial score (nSPS) is 11.9. The third-order valence-electron chi connectivity index (χ3n) is 2.72. The summed E-state index contributed by atoms with van der Waals surface area (Å²) in [5.74, 6) is 0.862. The van der Waals surface area contributed by atoms with Gasteiger partial charge in [-0.25, -0.2) is 0 Å². The predicted octanol–water partition coefficient (Wildman–Crippen LogP) is 2.78. The smallest absolute Gasteiger partial charge is 0.266 e. The van der Waals surface area contributed by atoms with Gasteiger partial charge in [-0.15, -0.1) is 0 Å². The lowest BCUT2D eigenvalue weighted by Gasteiger charge is -2.17. The number of carbonyl (C=O) groups excluding carboxylic acids is 1. The summed E-state index contributed by atoms with van der Waals surface area (Å²) in [4.78, 5) is 12.0. The van der Waals surface area contributed by atoms with Gasteiger partial charge in [0.2, 0.25) is 0 Å². The van der Waals surface area contributed by atoms with E-state index in [0.29, 0.717) is 18.0 Å². The van der Waals surface area contributed by atoms with Crippen molar-refractivity contribution in [1.82, 2.24) is 5.16 Å². The standard InChI is InChI=1S/C14H16N2O3/c1-3-11(14(17)15-13-8-9-18-16-13)19-12-7-5-4-6-10(12)2/h4-9,11H,3H2,1-2H3,(H,15,16,17)/t11-/m0/s1. The van der Waals surface area contributed by atoms with E-state index < -0.39 is 6.10 Å². The summed E-state index contributed by atoms with van der Waals surface area (Å²) < 4.78 is 10.4. The summed E-state index contributed by atoms with van der Waals surface area (Å²) >= 11 is 0. The van der Waals surface area contributed by atoms with Crippen LogP contribution < -0.4 is 10.1 Å². The van der Waals surface area contributed by atoms with Crippen molar-refractivity contribution in [1.29, 1.82) is 0 Å². The molecule has 0 saturated heterocycles. The number of carbonyl (C=O) groups is 1. The Kier molecular flexibility index (Phi) is 4.18. The van der Waals surface area contributed by atoms with Gasteiger partial charge in [0.1, 0.15) is 12.0 Å². The van der Waals surface area contributed by atoms with Crippen molar-refractivity contribution in [3.8, 4) is 5.75 Å². The molecule has 1 N–H and O–H groups in total. The molecule has 0 aliphatic rings. The number of hydrogen-bond donors (Lipinski definition) is 1. The second-order valence-electron chi connectivity index (χ2n) is 4.15. The molecule has 1 aromatic heterocycles. The Labute approximate surface area is 111 Å². The van der Waals surface area contributed by atoms with Crippen LogP contribution >= 0.6 is 0 Å². The molecule has 2 aromatic rings. The average molecular weight is 260 g/mol. The molecule has 1 amide bonds. The highest BCUT2D eigenvalue weighted by Crippen LogP contribution is 2.19. The van der Waals surface area contributed by atoms with Gasteiger partial charge in [-0.1, -0.05) is 30.3 Å². The maximum absolute atomic E-state index is 12.0. The van der Waals surface area contributed by atoms with Crippen molar-refractivity contribution in [3.05, 3.63) is 42.2 Å². The molecule has 1 heterocycles. The fraction of sp³-hybridized carbons (Fsp3) is 0.286. The van der Waals surface area contributed by atoms with Gasteiger partial charge in [-0.3, -0.25) is 4.79 Å². The van der Waals surface area contributed by atoms with Gasteiger partial charge in [0.05, 0.1) is 0 Å². The minimum Gasteiger partial charge on any atom is -0.480 e. The molecule has 5 heteroatoms. The molecule has 1 aromatic carbocycles. The minimum atomic E-state index is -0.558. The van der Waals surface area contributed by atoms with E-state index in [2.05, 4.69) is 15.0 Å². The second-order valence-corrected chi connectivity index (χ2v) is 4.15. The zero-order chi connectivity index (χ0) is 13.7. The van der Waals surface area contributed by atoms with Crippen LogP contribution in [0.25, 0.3) is 0 Å². The summed E-state index contributed by atoms with van der Waals surface area (Å²) in [6.45, 7) is 3.84. The highest BCUT2D eigenvalue weighted by molar-refractivity contribution is 5.93. The van der Waals surface area contributed by atoms with Crippen molar-refractivity contribution >= 4 is 11.7 Å². The van der Waals surface area contributed by atoms with E-state index in [0.717, 1.165) is 5.56 Å². The first kappa shape index (κ1) is 13.1. The number of hydrogen-bond acceptors (Lipinski definition) is 4. The quantitative estimate of drug-likeness (QED) is 0.897. The lowest BCUT2D eigenvalue weighted by atomic mass is 10.2. The molecule has 2 rings (SSSR count). The number of aromatic nitrogens is 1. The Hall–Kier alpha value is -2.30. The Morgan fingerprint density at radius 2 is 2.21 bits per heavy atom. The van der Waals surface area contributed by atoms with Gasteiger partial charge in [0, 0.05) is 6.07 Å². The van der Waals surface area contributed by atoms with Crippen LogP contribution in [-0.2, 0) is 4.79 Å². The largest absolute Gasteiger partial charge is 0.480 e. The number of aryl methyl sites for hydroxylation is 1. The fourth-order valence-corrected chi connectivity index (χ4v) is 1.65. The SMILES string of the molecule is CC[C@H](Oc1ccccc1C)C(=O)Nc1ccon1. The van der Waals surface area contributed by atoms with E-state index in [1.807, 2.05) is 38.1 Å². The van der Waals surface area contributed by atoms with E-state index in [-0.39, 0.29) is 5.91 Å². The van der Waals surface area contributed by atoms with Gasteiger partial charge in [-0.2, -0.15) is 0 Å². The summed E-state index contributed by atoms with van der Waals surface area (Å²) in [6, 6.07) is 9.18. The van der Waals surface area contributed by atoms with Crippen LogP contribution in [0.2, 0.25) is 0 Å². The third kappa shape index (κ3) is 3.34. The summed E-state index contributed by atoms with van der Waals surface area (Å²) in [6.07, 6.45) is 1.41. The Morgan fingerprint density at radius 1 is 1.42 bits per heavy atom. The van der Waals surface area contributed by atoms with Crippen molar-refractivity contribution < 1.29 is 14.1 Å². The molecule has 0 aliphatic carbocycles. The van der Waals surface area contributed by atoms with Gasteiger partial charge in [0.15, 0.2) is 11.9 Å². The van der Waals surface area contributed by atoms with Crippen LogP contribution in [0.15, 0.2) is 41.1 Å². The average Bonchev–Trinajstić information content (AvgIpc) is 2.90. The Morgan fingerprint density at radius 3 is 2.84 bits per heavy atom. The molecule has 1 atom stereocenters. The number of anilines is 1. The molecule has 19 heavy (non-hydrogen) atoms. The number of ether oxygens (including phenoxy) is 1. The topological polar surface area (TPSA) is 64.4 Å². The molecule has 5 nitrogen and oxygen atoms in total. The van der Waals surface area contributed by atoms with Crippen LogP contribution in [0.3, 0.4) is 0 Å². The first-order chi connectivity index (χ1) is 9.20. The van der Waals surface area contributed by atoms with E-state index in [1.54, 1.807) is 6.07 Å². The molecule has 100 valence electrons. The van der Waals surface area contributed by atoms with E-state index in [4.69, 9.17) is 4.74 Å². The second kappa shape index (κ2) is 6.04. The number of amides is 1. The Bertz CT molecular complexity index is 537. The highest BCUT2D eigenvalue weighted by Gasteiger charge is 2.19. The van der Waals surface area contributed by atoms with Gasteiger partial charge in [0.25, 0.3) is 5.91 Å². The Balaban J connectivity index is 2.04. The molecule has 0 fully saturated rings. The summed E-state index contributed by atoms with van der Waals surface area (Å²) in [5.41, 5.74) is 0.996. The lowest BCUT2D eigenvalue weighted by Crippen LogP contribution is -2.32. The number of rotatable bonds is 5. The van der Waals surface area contributed by atoms with Gasteiger partial charge in [-0.05, 0) is 25.0 Å². The summed E-state index contributed by atoms with van der Waals surface area (Å²) in [7, 11) is 0. The maximum Gasteiger partial charge on any atom is 0.266 e. The van der Waals surface area contributed by atoms with Gasteiger partial charge < -0.3 is 14.6 Å². The third-order valence-corrected chi connectivity index (χ3v) is 2.72. The highest BCUT2D eigenvalue weighted by atomic mass is 16.5. The minimum absolute atomic E-state index is 0.236. The predicted molar refractivity (Wildman–Crippen MR) is 71.0 cm³/mol. The number of para-hydroxylation sites is 1. The van der Waals surface area contributed by atoms with Crippen molar-refractivity contribution in [2.24, 2.45) is 0 Å². The first-order valence-corrected chi connectivity index (χ1v) is 6.14. The fourth-order valence-electron chi connectivity index (χ4n) is 1.65. The molecule has 0 radical (unpaired) electrons. The monoisotopic (exact) mass is 260 g/mol. The molecule has 0 aliphatic heterocycles. The van der Waals surface area contributed by atoms with Crippen molar-refractivity contribution in [2.75, 3.05) is 5.32 Å². The lowest BCUT2D eigenvalue weighted by molar-refractivity contribution is -0.122. The van der Waals surface area contributed by atoms with Crippen LogP contribution in [0.1, 0.15) is 18.9 Å².